The number of nitrogens with one attached hydrogen (secondary N) is 1. The number of anilines is 1. The van der Waals surface area contributed by atoms with E-state index in [-0.39, 0.29) is 6.17 Å². The number of rotatable bonds is 8. The maximum absolute atomic E-state index is 6.03. The van der Waals surface area contributed by atoms with E-state index < -0.39 is 0 Å². The van der Waals surface area contributed by atoms with Crippen molar-refractivity contribution in [2.75, 3.05) is 5.32 Å². The second kappa shape index (κ2) is 9.99. The van der Waals surface area contributed by atoms with E-state index in [0.29, 0.717) is 28.7 Å². The van der Waals surface area contributed by atoms with Gasteiger partial charge >= 0.3 is 0 Å². The fourth-order valence-electron chi connectivity index (χ4n) is 3.73. The van der Waals surface area contributed by atoms with E-state index in [2.05, 4.69) is 82.2 Å². The lowest BCUT2D eigenvalue weighted by Gasteiger charge is -2.26. The quantitative estimate of drug-likeness (QED) is 0.372. The highest BCUT2D eigenvalue weighted by Crippen LogP contribution is 2.30. The van der Waals surface area contributed by atoms with Gasteiger partial charge in [-0.1, -0.05) is 85.8 Å². The number of hydrogen-bond acceptors (Lipinski definition) is 3. The Morgan fingerprint density at radius 2 is 1.16 bits per heavy atom. The van der Waals surface area contributed by atoms with Crippen LogP contribution in [0.2, 0.25) is 0 Å². The molecule has 0 radical (unpaired) electrons. The van der Waals surface area contributed by atoms with Crippen molar-refractivity contribution in [3.63, 3.8) is 0 Å². The first-order valence-corrected chi connectivity index (χ1v) is 12.1. The molecule has 3 rings (SSSR count). The summed E-state index contributed by atoms with van der Waals surface area (Å²) in [7, 11) is 0. The summed E-state index contributed by atoms with van der Waals surface area (Å²) in [5, 5.41) is 13.6. The van der Waals surface area contributed by atoms with Crippen molar-refractivity contribution in [3.05, 3.63) is 65.2 Å². The van der Waals surface area contributed by atoms with Crippen LogP contribution in [-0.2, 0) is 0 Å². The summed E-state index contributed by atoms with van der Waals surface area (Å²) in [6, 6.07) is 14.5. The number of hydrogen-bond donors (Lipinski definition) is 1. The molecule has 1 N–H and O–H groups in total. The molecule has 0 atom stereocenters. The van der Waals surface area contributed by atoms with Crippen LogP contribution in [0.25, 0.3) is 0 Å². The number of para-hydroxylation sites is 1. The molecule has 0 fully saturated rings. The van der Waals surface area contributed by atoms with Crippen LogP contribution in [0.15, 0.2) is 42.5 Å². The van der Waals surface area contributed by atoms with Gasteiger partial charge in [-0.2, -0.15) is 10.2 Å². The zero-order valence-electron chi connectivity index (χ0n) is 20.6. The third-order valence-corrected chi connectivity index (χ3v) is 5.99. The third kappa shape index (κ3) is 5.12. The van der Waals surface area contributed by atoms with E-state index in [0.717, 1.165) is 28.5 Å². The van der Waals surface area contributed by atoms with Gasteiger partial charge in [0.1, 0.15) is 4.99 Å². The Kier molecular flexibility index (Phi) is 7.55. The minimum Gasteiger partial charge on any atom is -0.347 e. The Morgan fingerprint density at radius 1 is 0.719 bits per heavy atom. The van der Waals surface area contributed by atoms with Crippen molar-refractivity contribution in [2.24, 2.45) is 0 Å². The normalized spacial score (nSPS) is 12.0. The minimum atomic E-state index is -0.347. The van der Waals surface area contributed by atoms with E-state index in [4.69, 9.17) is 22.4 Å². The number of aromatic nitrogens is 4. The summed E-state index contributed by atoms with van der Waals surface area (Å²) in [5.41, 5.74) is 5.43. The maximum Gasteiger partial charge on any atom is 0.194 e. The zero-order chi connectivity index (χ0) is 23.6. The van der Waals surface area contributed by atoms with E-state index in [1.54, 1.807) is 0 Å². The first-order valence-electron chi connectivity index (χ1n) is 11.6. The molecule has 1 aromatic carbocycles. The van der Waals surface area contributed by atoms with Gasteiger partial charge in [-0.25, -0.2) is 9.36 Å². The standard InChI is InChI=1S/C26H37N5S/c1-16(2)21-14-23(18(5)6)30(28-21)26(25(32)27-20-12-10-9-11-13-20)31-24(19(7)8)15-22(29-31)17(3)4/h9-19,26H,1-8H3,(H,27,32). The van der Waals surface area contributed by atoms with Gasteiger partial charge in [0.05, 0.1) is 11.4 Å². The van der Waals surface area contributed by atoms with Gasteiger partial charge < -0.3 is 5.32 Å². The van der Waals surface area contributed by atoms with Gasteiger partial charge in [0.15, 0.2) is 6.17 Å². The SMILES string of the molecule is CC(C)c1cc(C(C)C)n(C(C(=S)Nc2ccccc2)n2nc(C(C)C)cc2C(C)C)n1. The lowest BCUT2D eigenvalue weighted by Crippen LogP contribution is -2.34. The van der Waals surface area contributed by atoms with Crippen LogP contribution in [0.5, 0.6) is 0 Å². The third-order valence-electron chi connectivity index (χ3n) is 5.67. The number of nitrogens with zero attached hydrogens (tertiary/aromatic N) is 4. The molecule has 2 aromatic heterocycles. The molecule has 0 bridgehead atoms. The Hall–Kier alpha value is -2.47. The summed E-state index contributed by atoms with van der Waals surface area (Å²) >= 11 is 6.03. The average molecular weight is 452 g/mol. The Labute approximate surface area is 198 Å². The minimum absolute atomic E-state index is 0.305. The molecule has 0 aliphatic rings. The predicted molar refractivity (Wildman–Crippen MR) is 138 cm³/mol. The van der Waals surface area contributed by atoms with Crippen LogP contribution < -0.4 is 5.32 Å². The highest BCUT2D eigenvalue weighted by atomic mass is 32.1. The topological polar surface area (TPSA) is 47.7 Å². The molecule has 2 heterocycles. The van der Waals surface area contributed by atoms with Gasteiger partial charge in [-0.05, 0) is 47.9 Å². The Balaban J connectivity index is 2.21. The first-order chi connectivity index (χ1) is 15.1. The molecule has 3 aromatic rings. The molecule has 0 amide bonds. The van der Waals surface area contributed by atoms with Crippen LogP contribution in [0, 0.1) is 0 Å². The van der Waals surface area contributed by atoms with Crippen molar-refractivity contribution < 1.29 is 0 Å². The summed E-state index contributed by atoms with van der Waals surface area (Å²) in [6.45, 7) is 17.5. The van der Waals surface area contributed by atoms with Gasteiger partial charge in [-0.3, -0.25) is 0 Å². The van der Waals surface area contributed by atoms with Crippen LogP contribution in [0.4, 0.5) is 5.69 Å². The van der Waals surface area contributed by atoms with Crippen molar-refractivity contribution in [1.29, 1.82) is 0 Å². The fraction of sp³-hybridized carbons (Fsp3) is 0.500. The van der Waals surface area contributed by atoms with E-state index in [9.17, 15) is 0 Å². The lowest BCUT2D eigenvalue weighted by molar-refractivity contribution is 0.415. The largest absolute Gasteiger partial charge is 0.347 e. The summed E-state index contributed by atoms with van der Waals surface area (Å²) < 4.78 is 4.17. The molecule has 0 saturated carbocycles. The van der Waals surface area contributed by atoms with Crippen molar-refractivity contribution in [1.82, 2.24) is 19.6 Å². The van der Waals surface area contributed by atoms with E-state index in [1.165, 1.54) is 0 Å². The molecule has 0 aliphatic heterocycles. The molecule has 0 spiro atoms. The second-order valence-electron chi connectivity index (χ2n) is 9.73. The maximum atomic E-state index is 6.03. The van der Waals surface area contributed by atoms with Gasteiger partial charge in [0, 0.05) is 17.1 Å². The average Bonchev–Trinajstić information content (AvgIpc) is 3.35. The lowest BCUT2D eigenvalue weighted by atomic mass is 10.1. The van der Waals surface area contributed by atoms with Gasteiger partial charge in [0.25, 0.3) is 0 Å². The highest BCUT2D eigenvalue weighted by Gasteiger charge is 2.29. The monoisotopic (exact) mass is 451 g/mol. The van der Waals surface area contributed by atoms with Gasteiger partial charge in [0.2, 0.25) is 0 Å². The summed E-state index contributed by atoms with van der Waals surface area (Å²) in [4.78, 5) is 0.678. The molecule has 0 saturated heterocycles. The van der Waals surface area contributed by atoms with Crippen LogP contribution in [0.1, 0.15) is 108 Å². The van der Waals surface area contributed by atoms with Gasteiger partial charge in [-0.15, -0.1) is 0 Å². The number of thiocarbonyl (C=S) groups is 1. The molecule has 172 valence electrons. The Morgan fingerprint density at radius 3 is 1.53 bits per heavy atom. The van der Waals surface area contributed by atoms with E-state index >= 15 is 0 Å². The van der Waals surface area contributed by atoms with Crippen molar-refractivity contribution in [3.8, 4) is 0 Å². The molecule has 0 aliphatic carbocycles. The van der Waals surface area contributed by atoms with Crippen LogP contribution in [0.3, 0.4) is 0 Å². The molecular weight excluding hydrogens is 414 g/mol. The molecule has 6 heteroatoms. The number of benzene rings is 1. The van der Waals surface area contributed by atoms with E-state index in [1.807, 2.05) is 30.3 Å². The Bertz CT molecular complexity index is 985. The zero-order valence-corrected chi connectivity index (χ0v) is 21.4. The summed E-state index contributed by atoms with van der Waals surface area (Å²) in [6.07, 6.45) is -0.347. The second-order valence-corrected chi connectivity index (χ2v) is 10.2. The smallest absolute Gasteiger partial charge is 0.194 e. The molecule has 0 unspecified atom stereocenters. The molecule has 32 heavy (non-hydrogen) atoms. The van der Waals surface area contributed by atoms with Crippen molar-refractivity contribution in [2.45, 2.75) is 85.2 Å². The first kappa shape index (κ1) is 24.2. The summed E-state index contributed by atoms with van der Waals surface area (Å²) in [5.74, 6) is 1.27. The fourth-order valence-corrected chi connectivity index (χ4v) is 4.05. The molecule has 5 nitrogen and oxygen atoms in total. The molecular formula is C26H37N5S. The predicted octanol–water partition coefficient (Wildman–Crippen LogP) is 7.06. The van der Waals surface area contributed by atoms with Crippen molar-refractivity contribution >= 4 is 22.9 Å². The highest BCUT2D eigenvalue weighted by molar-refractivity contribution is 7.80. The van der Waals surface area contributed by atoms with Crippen LogP contribution >= 0.6 is 12.2 Å². The van der Waals surface area contributed by atoms with Crippen LogP contribution in [-0.4, -0.2) is 24.5 Å².